The molecule has 208 valence electrons. The van der Waals surface area contributed by atoms with E-state index >= 15 is 13.2 Å². The molecular weight excluding hydrogens is 535 g/mol. The van der Waals surface area contributed by atoms with Gasteiger partial charge in [0.15, 0.2) is 5.78 Å². The molecule has 0 spiro atoms. The van der Waals surface area contributed by atoms with E-state index in [-0.39, 0.29) is 30.9 Å². The Morgan fingerprint density at radius 2 is 1.27 bits per heavy atom. The van der Waals surface area contributed by atoms with E-state index in [2.05, 4.69) is 0 Å². The summed E-state index contributed by atoms with van der Waals surface area (Å²) in [7, 11) is 0. The second-order valence-corrected chi connectivity index (χ2v) is 10.3. The lowest BCUT2D eigenvalue weighted by molar-refractivity contribution is -0.220. The Labute approximate surface area is 238 Å². The van der Waals surface area contributed by atoms with Gasteiger partial charge in [-0.25, -0.2) is 0 Å². The summed E-state index contributed by atoms with van der Waals surface area (Å²) in [6, 6.07) is 32.5. The highest BCUT2D eigenvalue weighted by Crippen LogP contribution is 2.53. The van der Waals surface area contributed by atoms with Gasteiger partial charge in [0.05, 0.1) is 12.1 Å². The van der Waals surface area contributed by atoms with Gasteiger partial charge >= 0.3 is 6.18 Å². The smallest absolute Gasteiger partial charge is 0.425 e. The summed E-state index contributed by atoms with van der Waals surface area (Å²) >= 11 is 6.87. The van der Waals surface area contributed by atoms with Crippen molar-refractivity contribution in [1.82, 2.24) is 4.90 Å². The molecule has 4 aromatic carbocycles. The lowest BCUT2D eigenvalue weighted by Gasteiger charge is -2.51. The van der Waals surface area contributed by atoms with Crippen molar-refractivity contribution in [3.63, 3.8) is 0 Å². The molecule has 40 heavy (non-hydrogen) atoms. The van der Waals surface area contributed by atoms with Crippen molar-refractivity contribution in [2.75, 3.05) is 13.2 Å². The van der Waals surface area contributed by atoms with E-state index in [1.54, 1.807) is 49.4 Å². The van der Waals surface area contributed by atoms with Crippen molar-refractivity contribution in [1.29, 1.82) is 0 Å². The van der Waals surface area contributed by atoms with E-state index in [9.17, 15) is 4.79 Å². The summed E-state index contributed by atoms with van der Waals surface area (Å²) < 4.78 is 51.7. The van der Waals surface area contributed by atoms with Crippen molar-refractivity contribution in [3.05, 3.63) is 138 Å². The minimum Gasteiger partial charge on any atom is -0.494 e. The number of Topliss-reactive ketones (excluding diaryl/α,β-unsaturated/α-hetero) is 1. The topological polar surface area (TPSA) is 29.5 Å². The molecule has 0 fully saturated rings. The second-order valence-electron chi connectivity index (χ2n) is 9.73. The van der Waals surface area contributed by atoms with Gasteiger partial charge in [0.2, 0.25) is 5.00 Å². The van der Waals surface area contributed by atoms with Gasteiger partial charge in [-0.3, -0.25) is 9.69 Å². The molecule has 0 radical (unpaired) electrons. The number of alkyl halides is 4. The van der Waals surface area contributed by atoms with E-state index in [1.165, 1.54) is 24.0 Å². The van der Waals surface area contributed by atoms with Crippen LogP contribution in [-0.4, -0.2) is 30.0 Å². The number of carbonyl (C=O) groups excluding carboxylic acids is 1. The van der Waals surface area contributed by atoms with Gasteiger partial charge in [-0.2, -0.15) is 13.2 Å². The first-order chi connectivity index (χ1) is 19.1. The molecule has 0 bridgehead atoms. The Balaban J connectivity index is 1.80. The number of ether oxygens (including phenoxy) is 1. The van der Waals surface area contributed by atoms with Gasteiger partial charge in [-0.15, -0.1) is 0 Å². The zero-order chi connectivity index (χ0) is 28.8. The lowest BCUT2D eigenvalue weighted by Crippen LogP contribution is -2.60. The van der Waals surface area contributed by atoms with Crippen LogP contribution in [0.25, 0.3) is 0 Å². The van der Waals surface area contributed by atoms with E-state index in [0.717, 1.165) is 0 Å². The largest absolute Gasteiger partial charge is 0.494 e. The monoisotopic (exact) mass is 565 g/mol. The fraction of sp³-hybridized carbons (Fsp3) is 0.242. The molecule has 1 unspecified atom stereocenters. The third-order valence-electron chi connectivity index (χ3n) is 7.15. The van der Waals surface area contributed by atoms with Gasteiger partial charge < -0.3 is 4.74 Å². The zero-order valence-corrected chi connectivity index (χ0v) is 23.1. The SMILES string of the molecule is CC(=O)c1cccc(OCCCN(C(C)(c2ccccc2)c2ccccc2)C(Cl)(c2ccccc2)C(F)(F)F)c1. The molecule has 0 N–H and O–H groups in total. The molecule has 1 atom stereocenters. The van der Waals surface area contributed by atoms with E-state index in [4.69, 9.17) is 16.3 Å². The first-order valence-corrected chi connectivity index (χ1v) is 13.4. The first kappa shape index (κ1) is 29.4. The summed E-state index contributed by atoms with van der Waals surface area (Å²) in [4.78, 5) is 10.2. The molecule has 0 amide bonds. The van der Waals surface area contributed by atoms with Crippen LogP contribution < -0.4 is 4.74 Å². The van der Waals surface area contributed by atoms with Crippen LogP contribution in [-0.2, 0) is 10.5 Å². The number of hydrogen-bond acceptors (Lipinski definition) is 3. The Bertz CT molecular complexity index is 1360. The normalized spacial score (nSPS) is 13.6. The van der Waals surface area contributed by atoms with Crippen molar-refractivity contribution in [2.24, 2.45) is 0 Å². The molecule has 0 saturated heterocycles. The highest BCUT2D eigenvalue weighted by atomic mass is 35.5. The summed E-state index contributed by atoms with van der Waals surface area (Å²) in [5, 5.41) is 0. The van der Waals surface area contributed by atoms with Crippen LogP contribution in [0.15, 0.2) is 115 Å². The van der Waals surface area contributed by atoms with E-state index in [0.29, 0.717) is 22.4 Å². The van der Waals surface area contributed by atoms with Gasteiger partial charge in [0, 0.05) is 12.1 Å². The predicted octanol–water partition coefficient (Wildman–Crippen LogP) is 8.58. The molecule has 0 aromatic heterocycles. The lowest BCUT2D eigenvalue weighted by atomic mass is 9.80. The molecule has 4 aromatic rings. The minimum absolute atomic E-state index is 0.0510. The average molecular weight is 566 g/mol. The maximum absolute atomic E-state index is 15.3. The maximum atomic E-state index is 15.3. The van der Waals surface area contributed by atoms with Crippen molar-refractivity contribution >= 4 is 17.4 Å². The zero-order valence-electron chi connectivity index (χ0n) is 22.4. The summed E-state index contributed by atoms with van der Waals surface area (Å²) in [6.07, 6.45) is -4.60. The molecule has 0 aliphatic heterocycles. The third-order valence-corrected chi connectivity index (χ3v) is 7.79. The molecule has 0 saturated carbocycles. The fourth-order valence-electron chi connectivity index (χ4n) is 5.04. The van der Waals surface area contributed by atoms with Crippen LogP contribution in [0, 0.1) is 0 Å². The number of halogens is 4. The molecule has 0 aliphatic rings. The second kappa shape index (κ2) is 12.3. The summed E-state index contributed by atoms with van der Waals surface area (Å²) in [6.45, 7) is 3.31. The minimum atomic E-state index is -4.84. The highest BCUT2D eigenvalue weighted by molar-refractivity contribution is 6.24. The molecule has 3 nitrogen and oxygen atoms in total. The Kier molecular flexibility index (Phi) is 9.02. The summed E-state index contributed by atoms with van der Waals surface area (Å²) in [5.41, 5.74) is 0.491. The van der Waals surface area contributed by atoms with Crippen LogP contribution in [0.5, 0.6) is 5.75 Å². The van der Waals surface area contributed by atoms with Crippen LogP contribution in [0.1, 0.15) is 47.3 Å². The van der Waals surface area contributed by atoms with Gasteiger partial charge in [-0.1, -0.05) is 115 Å². The van der Waals surface area contributed by atoms with Crippen LogP contribution in [0.4, 0.5) is 13.2 Å². The molecule has 7 heteroatoms. The number of nitrogens with zero attached hydrogens (tertiary/aromatic N) is 1. The predicted molar refractivity (Wildman–Crippen MR) is 153 cm³/mol. The molecule has 4 rings (SSSR count). The highest BCUT2D eigenvalue weighted by Gasteiger charge is 2.62. The number of hydrogen-bond donors (Lipinski definition) is 0. The van der Waals surface area contributed by atoms with Gasteiger partial charge in [-0.05, 0) is 49.1 Å². The Morgan fingerprint density at radius 3 is 1.75 bits per heavy atom. The van der Waals surface area contributed by atoms with E-state index in [1.807, 2.05) is 60.7 Å². The maximum Gasteiger partial charge on any atom is 0.425 e. The molecule has 0 heterocycles. The van der Waals surface area contributed by atoms with Crippen LogP contribution in [0.3, 0.4) is 0 Å². The third kappa shape index (κ3) is 5.93. The van der Waals surface area contributed by atoms with Crippen molar-refractivity contribution in [2.45, 2.75) is 37.0 Å². The first-order valence-electron chi connectivity index (χ1n) is 13.0. The Morgan fingerprint density at radius 1 is 0.775 bits per heavy atom. The van der Waals surface area contributed by atoms with Crippen LogP contribution in [0.2, 0.25) is 0 Å². The number of carbonyl (C=O) groups is 1. The molecule has 0 aliphatic carbocycles. The van der Waals surface area contributed by atoms with Gasteiger partial charge in [0.25, 0.3) is 0 Å². The van der Waals surface area contributed by atoms with Crippen molar-refractivity contribution in [3.8, 4) is 5.75 Å². The van der Waals surface area contributed by atoms with Crippen LogP contribution >= 0.6 is 11.6 Å². The number of rotatable bonds is 11. The average Bonchev–Trinajstić information content (AvgIpc) is 2.97. The number of ketones is 1. The fourth-order valence-corrected chi connectivity index (χ4v) is 5.42. The Hall–Kier alpha value is -3.61. The molecular formula is C33H31ClF3NO2. The summed E-state index contributed by atoms with van der Waals surface area (Å²) in [5.74, 6) is 0.377. The standard InChI is InChI=1S/C33H31ClF3NO2/c1-25(39)26-14-12-21-30(24-26)40-23-13-22-38(32(34,33(35,36)37)29-19-10-5-11-20-29)31(2,27-15-6-3-7-16-27)28-17-8-4-9-18-28/h3-12,14-21,24H,13,22-23H2,1-2H3. The number of benzene rings is 4. The van der Waals surface area contributed by atoms with Crippen molar-refractivity contribution < 1.29 is 22.7 Å². The quantitative estimate of drug-likeness (QED) is 0.0789. The van der Waals surface area contributed by atoms with Gasteiger partial charge in [0.1, 0.15) is 5.75 Å². The van der Waals surface area contributed by atoms with E-state index < -0.39 is 16.7 Å².